The second kappa shape index (κ2) is 4.72. The normalized spacial score (nSPS) is 61.2. The highest BCUT2D eigenvalue weighted by atomic mass is 16.3. The van der Waals surface area contributed by atoms with Gasteiger partial charge in [0.15, 0.2) is 0 Å². The van der Waals surface area contributed by atoms with E-state index in [4.69, 9.17) is 5.73 Å². The van der Waals surface area contributed by atoms with E-state index in [1.54, 1.807) is 0 Å². The van der Waals surface area contributed by atoms with Gasteiger partial charge in [0.2, 0.25) is 0 Å². The van der Waals surface area contributed by atoms with Crippen LogP contribution in [0.5, 0.6) is 0 Å². The summed E-state index contributed by atoms with van der Waals surface area (Å²) < 4.78 is 0. The van der Waals surface area contributed by atoms with E-state index in [9.17, 15) is 5.11 Å². The lowest BCUT2D eigenvalue weighted by Crippen LogP contribution is -2.56. The van der Waals surface area contributed by atoms with E-state index < -0.39 is 5.60 Å². The van der Waals surface area contributed by atoms with Gasteiger partial charge in [0, 0.05) is 6.04 Å². The van der Waals surface area contributed by atoms with Crippen molar-refractivity contribution < 1.29 is 5.11 Å². The van der Waals surface area contributed by atoms with Crippen LogP contribution >= 0.6 is 0 Å². The molecule has 0 aliphatic heterocycles. The summed E-state index contributed by atoms with van der Waals surface area (Å²) in [5, 5.41) is 10.5. The maximum Gasteiger partial charge on any atom is 0.0622 e. The second-order valence-electron chi connectivity index (χ2n) is 10.1. The van der Waals surface area contributed by atoms with Crippen molar-refractivity contribution in [2.45, 2.75) is 90.2 Å². The third kappa shape index (κ3) is 1.99. The number of nitrogens with two attached hydrogens (primary N) is 1. The minimum Gasteiger partial charge on any atom is -0.390 e. The zero-order chi connectivity index (χ0) is 15.8. The van der Waals surface area contributed by atoms with Gasteiger partial charge in [-0.1, -0.05) is 13.8 Å². The molecular weight excluding hydrogens is 270 g/mol. The van der Waals surface area contributed by atoms with Gasteiger partial charge in [0.05, 0.1) is 5.60 Å². The molecule has 4 aliphatic carbocycles. The average molecular weight is 306 g/mol. The fourth-order valence-corrected chi connectivity index (χ4v) is 7.47. The van der Waals surface area contributed by atoms with Crippen LogP contribution in [0.4, 0.5) is 0 Å². The lowest BCUT2D eigenvalue weighted by molar-refractivity contribution is -0.143. The molecule has 0 saturated heterocycles. The lowest BCUT2D eigenvalue weighted by Gasteiger charge is -2.61. The third-order valence-corrected chi connectivity index (χ3v) is 9.03. The first-order valence-electron chi connectivity index (χ1n) is 9.74. The van der Waals surface area contributed by atoms with E-state index in [1.165, 1.54) is 44.9 Å². The predicted octanol–water partition coefficient (Wildman–Crippen LogP) is 4.11. The average Bonchev–Trinajstić information content (AvgIpc) is 2.76. The maximum atomic E-state index is 10.5. The SMILES string of the molecule is C[C@@]1(O)CC[C@@]2(C)[C@@H](CC[C@@H]3[C@@H]2CC[C@]2(C)[C@@H](N)CC[C@@H]32)C1. The van der Waals surface area contributed by atoms with Gasteiger partial charge in [0.25, 0.3) is 0 Å². The molecule has 0 aromatic rings. The largest absolute Gasteiger partial charge is 0.390 e. The molecule has 0 aromatic carbocycles. The Bertz CT molecular complexity index is 461. The summed E-state index contributed by atoms with van der Waals surface area (Å²) in [6, 6.07) is 0.441. The first-order valence-corrected chi connectivity index (χ1v) is 9.74. The third-order valence-electron chi connectivity index (χ3n) is 9.03. The zero-order valence-corrected chi connectivity index (χ0v) is 14.8. The first kappa shape index (κ1) is 15.4. The number of hydrogen-bond donors (Lipinski definition) is 2. The van der Waals surface area contributed by atoms with Gasteiger partial charge in [-0.05, 0) is 99.2 Å². The van der Waals surface area contributed by atoms with Crippen LogP contribution in [0.1, 0.15) is 78.6 Å². The molecule has 0 amide bonds. The molecule has 0 radical (unpaired) electrons. The Labute approximate surface area is 136 Å². The highest BCUT2D eigenvalue weighted by Gasteiger charge is 2.60. The summed E-state index contributed by atoms with van der Waals surface area (Å²) in [6.07, 6.45) is 11.4. The van der Waals surface area contributed by atoms with Crippen LogP contribution in [-0.2, 0) is 0 Å². The van der Waals surface area contributed by atoms with E-state index >= 15 is 0 Å². The van der Waals surface area contributed by atoms with Crippen LogP contribution in [0.2, 0.25) is 0 Å². The smallest absolute Gasteiger partial charge is 0.0622 e. The molecule has 0 unspecified atom stereocenters. The molecule has 4 fully saturated rings. The van der Waals surface area contributed by atoms with Crippen LogP contribution in [0, 0.1) is 34.5 Å². The fourth-order valence-electron chi connectivity index (χ4n) is 7.47. The molecule has 3 N–H and O–H groups in total. The molecule has 0 heterocycles. The van der Waals surface area contributed by atoms with Crippen LogP contribution in [0.15, 0.2) is 0 Å². The molecule has 22 heavy (non-hydrogen) atoms. The predicted molar refractivity (Wildman–Crippen MR) is 90.3 cm³/mol. The summed E-state index contributed by atoms with van der Waals surface area (Å²) in [7, 11) is 0. The van der Waals surface area contributed by atoms with Gasteiger partial charge in [-0.3, -0.25) is 0 Å². The Morgan fingerprint density at radius 2 is 1.55 bits per heavy atom. The van der Waals surface area contributed by atoms with Gasteiger partial charge in [-0.2, -0.15) is 0 Å². The highest BCUT2D eigenvalue weighted by Crippen LogP contribution is 2.66. The van der Waals surface area contributed by atoms with E-state index in [-0.39, 0.29) is 0 Å². The van der Waals surface area contributed by atoms with Gasteiger partial charge in [-0.25, -0.2) is 0 Å². The van der Waals surface area contributed by atoms with Crippen LogP contribution in [-0.4, -0.2) is 16.7 Å². The number of hydrogen-bond acceptors (Lipinski definition) is 2. The Morgan fingerprint density at radius 3 is 2.32 bits per heavy atom. The lowest BCUT2D eigenvalue weighted by atomic mass is 9.44. The van der Waals surface area contributed by atoms with Crippen molar-refractivity contribution >= 4 is 0 Å². The van der Waals surface area contributed by atoms with Gasteiger partial charge in [0.1, 0.15) is 0 Å². The summed E-state index contributed by atoms with van der Waals surface area (Å²) in [5.41, 5.74) is 7.01. The van der Waals surface area contributed by atoms with Gasteiger partial charge < -0.3 is 10.8 Å². The summed E-state index contributed by atoms with van der Waals surface area (Å²) in [5.74, 6) is 3.43. The minimum atomic E-state index is -0.407. The van der Waals surface area contributed by atoms with E-state index in [0.29, 0.717) is 16.9 Å². The van der Waals surface area contributed by atoms with Crippen molar-refractivity contribution in [2.75, 3.05) is 0 Å². The monoisotopic (exact) mass is 305 g/mol. The molecule has 2 heteroatoms. The van der Waals surface area contributed by atoms with Gasteiger partial charge >= 0.3 is 0 Å². The number of rotatable bonds is 0. The number of fused-ring (bicyclic) bond motifs is 5. The molecule has 0 bridgehead atoms. The Morgan fingerprint density at radius 1 is 0.818 bits per heavy atom. The van der Waals surface area contributed by atoms with E-state index in [1.807, 2.05) is 0 Å². The first-order chi connectivity index (χ1) is 10.3. The minimum absolute atomic E-state index is 0.407. The Kier molecular flexibility index (Phi) is 3.32. The Balaban J connectivity index is 1.62. The second-order valence-corrected chi connectivity index (χ2v) is 10.1. The van der Waals surface area contributed by atoms with E-state index in [2.05, 4.69) is 20.8 Å². The molecule has 0 aromatic heterocycles. The molecular formula is C20H35NO. The molecule has 0 spiro atoms. The molecule has 4 rings (SSSR count). The van der Waals surface area contributed by atoms with Crippen LogP contribution in [0.3, 0.4) is 0 Å². The van der Waals surface area contributed by atoms with Gasteiger partial charge in [-0.15, -0.1) is 0 Å². The standard InChI is InChI=1S/C20H35NO/c1-18(22)10-11-19(2)13(12-18)4-5-14-15-6-7-17(21)20(15,3)9-8-16(14)19/h13-17,22H,4-12,21H2,1-3H3/t13-,14-,15-,16-,17-,18+,19-,20-/m0/s1. The zero-order valence-electron chi connectivity index (χ0n) is 14.8. The summed E-state index contributed by atoms with van der Waals surface area (Å²) in [4.78, 5) is 0. The quantitative estimate of drug-likeness (QED) is 0.707. The van der Waals surface area contributed by atoms with Crippen molar-refractivity contribution in [1.29, 1.82) is 0 Å². The molecule has 2 nitrogen and oxygen atoms in total. The van der Waals surface area contributed by atoms with Crippen molar-refractivity contribution in [3.05, 3.63) is 0 Å². The topological polar surface area (TPSA) is 46.2 Å². The molecule has 4 aliphatic rings. The molecule has 126 valence electrons. The number of aliphatic hydroxyl groups is 1. The van der Waals surface area contributed by atoms with Crippen LogP contribution < -0.4 is 5.73 Å². The van der Waals surface area contributed by atoms with Crippen LogP contribution in [0.25, 0.3) is 0 Å². The van der Waals surface area contributed by atoms with Crippen molar-refractivity contribution in [3.63, 3.8) is 0 Å². The highest BCUT2D eigenvalue weighted by molar-refractivity contribution is 5.11. The van der Waals surface area contributed by atoms with Crippen molar-refractivity contribution in [3.8, 4) is 0 Å². The molecule has 8 atom stereocenters. The van der Waals surface area contributed by atoms with Crippen molar-refractivity contribution in [2.24, 2.45) is 40.2 Å². The fraction of sp³-hybridized carbons (Fsp3) is 1.00. The van der Waals surface area contributed by atoms with E-state index in [0.717, 1.165) is 36.5 Å². The Hall–Kier alpha value is -0.0800. The van der Waals surface area contributed by atoms with Crippen molar-refractivity contribution in [1.82, 2.24) is 0 Å². The molecule has 4 saturated carbocycles. The summed E-state index contributed by atoms with van der Waals surface area (Å²) >= 11 is 0. The maximum absolute atomic E-state index is 10.5. The summed E-state index contributed by atoms with van der Waals surface area (Å²) in [6.45, 7) is 7.12.